The van der Waals surface area contributed by atoms with Gasteiger partial charge in [-0.3, -0.25) is 14.5 Å². The molecule has 10 nitrogen and oxygen atoms in total. The molecule has 1 unspecified atom stereocenters. The minimum atomic E-state index is -5.33. The highest BCUT2D eigenvalue weighted by Gasteiger charge is 2.58. The number of nitrogens with one attached hydrogen (secondary N) is 1. The lowest BCUT2D eigenvalue weighted by Gasteiger charge is -2.38. The number of fused-ring (bicyclic) bond motifs is 1. The lowest BCUT2D eigenvalue weighted by molar-refractivity contribution is -0.249. The van der Waals surface area contributed by atoms with Crippen LogP contribution in [0, 0.1) is 5.82 Å². The van der Waals surface area contributed by atoms with Gasteiger partial charge < -0.3 is 21.1 Å². The fourth-order valence-corrected chi connectivity index (χ4v) is 5.31. The smallest absolute Gasteiger partial charge is 0.382 e. The lowest BCUT2D eigenvalue weighted by atomic mass is 10.0. The van der Waals surface area contributed by atoms with Gasteiger partial charge in [0.1, 0.15) is 23.8 Å². The Kier molecular flexibility index (Phi) is 7.50. The molecule has 2 fully saturated rings. The van der Waals surface area contributed by atoms with E-state index in [1.807, 2.05) is 0 Å². The number of hydrogen-bond donors (Lipinski definition) is 3. The number of anilines is 1. The average molecular weight is 638 g/mol. The van der Waals surface area contributed by atoms with E-state index in [0.29, 0.717) is 10.5 Å². The van der Waals surface area contributed by atoms with Crippen molar-refractivity contribution in [2.24, 2.45) is 0 Å². The first-order chi connectivity index (χ1) is 19.9. The monoisotopic (exact) mass is 637 g/mol. The molecule has 3 aromatic rings. The number of alkyl halides is 6. The predicted octanol–water partition coefficient (Wildman–Crippen LogP) is 2.81. The fourth-order valence-electron chi connectivity index (χ4n) is 5.08. The normalized spacial score (nSPS) is 22.0. The zero-order valence-corrected chi connectivity index (χ0v) is 22.9. The number of nitrogens with two attached hydrogens (primary N) is 1. The van der Waals surface area contributed by atoms with Gasteiger partial charge >= 0.3 is 6.18 Å². The summed E-state index contributed by atoms with van der Waals surface area (Å²) in [5, 5.41) is 15.6. The number of amides is 2. The van der Waals surface area contributed by atoms with Crippen molar-refractivity contribution in [1.82, 2.24) is 29.7 Å². The summed E-state index contributed by atoms with van der Waals surface area (Å²) in [5.41, 5.74) is 2.34. The van der Waals surface area contributed by atoms with Crippen LogP contribution in [0.3, 0.4) is 0 Å². The van der Waals surface area contributed by atoms with Crippen LogP contribution in [-0.2, 0) is 11.3 Å². The maximum absolute atomic E-state index is 15.2. The topological polar surface area (TPSA) is 129 Å². The molecule has 0 bridgehead atoms. The zero-order valence-electron chi connectivity index (χ0n) is 22.1. The summed E-state index contributed by atoms with van der Waals surface area (Å²) in [6.07, 6.45) is -6.24. The number of aliphatic hydroxyl groups is 1. The highest BCUT2D eigenvalue weighted by molar-refractivity contribution is 6.34. The SMILES string of the molecule is CC(O)(C(=O)N1C[C@H](F)[C@H](NC(=O)c2cc(-c3cc(CN4CC(F)(F)C4)c4c(N)ncnn34)c(F)cc2Cl)C1)C(F)(F)F. The number of benzene rings is 1. The molecule has 4 heterocycles. The first kappa shape index (κ1) is 30.7. The van der Waals surface area contributed by atoms with Crippen LogP contribution in [-0.4, -0.2) is 97.4 Å². The summed E-state index contributed by atoms with van der Waals surface area (Å²) >= 11 is 6.12. The maximum atomic E-state index is 15.2. The van der Waals surface area contributed by atoms with Crippen LogP contribution in [0.4, 0.5) is 36.6 Å². The summed E-state index contributed by atoms with van der Waals surface area (Å²) in [6, 6.07) is 1.81. The molecular formula is C25H23ClF7N7O3. The average Bonchev–Trinajstić information content (AvgIpc) is 3.42. The van der Waals surface area contributed by atoms with Crippen molar-refractivity contribution >= 4 is 34.7 Å². The van der Waals surface area contributed by atoms with E-state index in [4.69, 9.17) is 17.3 Å². The van der Waals surface area contributed by atoms with Crippen LogP contribution >= 0.6 is 11.6 Å². The van der Waals surface area contributed by atoms with Crippen molar-refractivity contribution in [2.75, 3.05) is 31.9 Å². The Hall–Kier alpha value is -3.70. The second-order valence-corrected chi connectivity index (χ2v) is 11.1. The Morgan fingerprint density at radius 2 is 1.88 bits per heavy atom. The zero-order chi connectivity index (χ0) is 31.6. The van der Waals surface area contributed by atoms with Gasteiger partial charge in [-0.2, -0.15) is 18.3 Å². The molecule has 18 heteroatoms. The molecule has 0 aliphatic carbocycles. The van der Waals surface area contributed by atoms with Crippen LogP contribution in [0.5, 0.6) is 0 Å². The number of likely N-dealkylation sites (tertiary alicyclic amines) is 2. The molecule has 0 spiro atoms. The second-order valence-electron chi connectivity index (χ2n) is 10.6. The second kappa shape index (κ2) is 10.5. The van der Waals surface area contributed by atoms with Crippen LogP contribution < -0.4 is 11.1 Å². The predicted molar refractivity (Wildman–Crippen MR) is 137 cm³/mol. The molecular weight excluding hydrogens is 615 g/mol. The molecule has 232 valence electrons. The van der Waals surface area contributed by atoms with E-state index in [1.54, 1.807) is 0 Å². The van der Waals surface area contributed by atoms with E-state index in [-0.39, 0.29) is 41.6 Å². The number of halogens is 8. The van der Waals surface area contributed by atoms with Crippen molar-refractivity contribution in [2.45, 2.75) is 43.4 Å². The number of aromatic nitrogens is 3. The van der Waals surface area contributed by atoms with Crippen molar-refractivity contribution in [3.63, 3.8) is 0 Å². The third-order valence-electron chi connectivity index (χ3n) is 7.36. The van der Waals surface area contributed by atoms with Crippen molar-refractivity contribution in [3.8, 4) is 11.3 Å². The van der Waals surface area contributed by atoms with E-state index in [1.165, 1.54) is 15.5 Å². The third kappa shape index (κ3) is 5.56. The Labute approximate surface area is 243 Å². The van der Waals surface area contributed by atoms with Gasteiger partial charge in [0.2, 0.25) is 5.60 Å². The van der Waals surface area contributed by atoms with Crippen molar-refractivity contribution in [3.05, 3.63) is 46.5 Å². The molecule has 2 aromatic heterocycles. The Morgan fingerprint density at radius 3 is 2.51 bits per heavy atom. The molecule has 0 radical (unpaired) electrons. The minimum Gasteiger partial charge on any atom is -0.382 e. The van der Waals surface area contributed by atoms with Crippen LogP contribution in [0.2, 0.25) is 5.02 Å². The summed E-state index contributed by atoms with van der Waals surface area (Å²) in [4.78, 5) is 31.2. The molecule has 2 aliphatic rings. The number of nitrogen functional groups attached to an aromatic ring is 1. The third-order valence-corrected chi connectivity index (χ3v) is 7.68. The summed E-state index contributed by atoms with van der Waals surface area (Å²) in [5.74, 6) is -6.59. The molecule has 2 aliphatic heterocycles. The molecule has 43 heavy (non-hydrogen) atoms. The molecule has 3 atom stereocenters. The van der Waals surface area contributed by atoms with Gasteiger partial charge in [-0.25, -0.2) is 27.1 Å². The molecule has 2 amide bonds. The Bertz CT molecular complexity index is 1610. The number of carbonyl (C=O) groups excluding carboxylic acids is 2. The molecule has 4 N–H and O–H groups in total. The Balaban J connectivity index is 1.42. The highest BCUT2D eigenvalue weighted by atomic mass is 35.5. The van der Waals surface area contributed by atoms with E-state index in [2.05, 4.69) is 15.4 Å². The fraction of sp³-hybridized carbons (Fsp3) is 0.440. The Morgan fingerprint density at radius 1 is 1.21 bits per heavy atom. The van der Waals surface area contributed by atoms with E-state index >= 15 is 4.39 Å². The minimum absolute atomic E-state index is 0.00916. The molecule has 1 aromatic carbocycles. The van der Waals surface area contributed by atoms with E-state index < -0.39 is 78.7 Å². The molecule has 0 saturated carbocycles. The summed E-state index contributed by atoms with van der Waals surface area (Å²) in [7, 11) is 0. The number of hydrogen-bond acceptors (Lipinski definition) is 7. The maximum Gasteiger partial charge on any atom is 0.426 e. The number of nitrogens with zero attached hydrogens (tertiary/aromatic N) is 5. The van der Waals surface area contributed by atoms with E-state index in [9.17, 15) is 41.0 Å². The largest absolute Gasteiger partial charge is 0.426 e. The first-order valence-electron chi connectivity index (χ1n) is 12.6. The standard InChI is InChI=1S/C25H23ClF7N7O3/c1-23(43,25(31,32)33)22(42)39-6-16(28)17(7-39)37-21(41)12-3-13(15(27)4-14(12)26)18-2-11(5-38-8-24(29,30)9-38)19-20(34)35-10-36-40(18)19/h2-4,10,16-17,43H,5-9H2,1H3,(H,37,41)(H2,34,35,36)/t16-,17+,23?/m0/s1. The first-order valence-corrected chi connectivity index (χ1v) is 13.0. The lowest BCUT2D eigenvalue weighted by Crippen LogP contribution is -2.56. The number of carbonyl (C=O) groups is 2. The number of rotatable bonds is 6. The van der Waals surface area contributed by atoms with E-state index in [0.717, 1.165) is 18.5 Å². The molecule has 5 rings (SSSR count). The summed E-state index contributed by atoms with van der Waals surface area (Å²) < 4.78 is 97.3. The van der Waals surface area contributed by atoms with Gasteiger partial charge in [0.15, 0.2) is 5.82 Å². The van der Waals surface area contributed by atoms with Crippen molar-refractivity contribution < 1.29 is 45.4 Å². The molecule has 2 saturated heterocycles. The van der Waals surface area contributed by atoms with Gasteiger partial charge in [-0.1, -0.05) is 11.6 Å². The van der Waals surface area contributed by atoms with Crippen LogP contribution in [0.15, 0.2) is 24.5 Å². The quantitative estimate of drug-likeness (QED) is 0.355. The van der Waals surface area contributed by atoms with Crippen LogP contribution in [0.1, 0.15) is 22.8 Å². The van der Waals surface area contributed by atoms with Crippen molar-refractivity contribution in [1.29, 1.82) is 0 Å². The van der Waals surface area contributed by atoms with Crippen LogP contribution in [0.25, 0.3) is 16.8 Å². The summed E-state index contributed by atoms with van der Waals surface area (Å²) in [6.45, 7) is -2.28. The highest BCUT2D eigenvalue weighted by Crippen LogP contribution is 2.36. The van der Waals surface area contributed by atoms with Gasteiger partial charge in [-0.05, 0) is 30.7 Å². The van der Waals surface area contributed by atoms with Gasteiger partial charge in [0, 0.05) is 18.7 Å². The van der Waals surface area contributed by atoms with Gasteiger partial charge in [0.25, 0.3) is 17.7 Å². The van der Waals surface area contributed by atoms with Gasteiger partial charge in [-0.15, -0.1) is 0 Å². The van der Waals surface area contributed by atoms with Gasteiger partial charge in [0.05, 0.1) is 42.0 Å².